The van der Waals surface area contributed by atoms with E-state index < -0.39 is 0 Å². The van der Waals surface area contributed by atoms with Crippen molar-refractivity contribution < 1.29 is 0 Å². The first-order chi connectivity index (χ1) is 16.1. The molecule has 1 aromatic heterocycles. The van der Waals surface area contributed by atoms with Gasteiger partial charge in [0.2, 0.25) is 0 Å². The molecule has 4 aromatic rings. The Balaban J connectivity index is 1.58. The van der Waals surface area contributed by atoms with Crippen molar-refractivity contribution >= 4 is 11.6 Å². The van der Waals surface area contributed by atoms with Gasteiger partial charge in [0.25, 0.3) is 0 Å². The van der Waals surface area contributed by atoms with Gasteiger partial charge < -0.3 is 0 Å². The van der Waals surface area contributed by atoms with Crippen molar-refractivity contribution in [1.29, 1.82) is 0 Å². The first-order valence-electron chi connectivity index (χ1n) is 12.0. The van der Waals surface area contributed by atoms with E-state index in [4.69, 9.17) is 0 Å². The average Bonchev–Trinajstić information content (AvgIpc) is 2.84. The second-order valence-electron chi connectivity index (χ2n) is 9.61. The molecular weight excluding hydrogens is 400 g/mol. The van der Waals surface area contributed by atoms with E-state index in [-0.39, 0.29) is 0 Å². The van der Waals surface area contributed by atoms with Gasteiger partial charge in [-0.25, -0.2) is 0 Å². The molecule has 1 unspecified atom stereocenters. The molecule has 2 heteroatoms. The van der Waals surface area contributed by atoms with Crippen LogP contribution >= 0.6 is 0 Å². The Labute approximate surface area is 194 Å². The molecule has 0 radical (unpaired) electrons. The fraction of sp³-hybridized carbons (Fsp3) is 0.226. The highest BCUT2D eigenvalue weighted by Gasteiger charge is 2.21. The largest absolute Gasteiger partial charge is 0.155 e. The Morgan fingerprint density at radius 2 is 1.48 bits per heavy atom. The van der Waals surface area contributed by atoms with Gasteiger partial charge in [-0.1, -0.05) is 67.1 Å². The summed E-state index contributed by atoms with van der Waals surface area (Å²) in [6.45, 7) is 6.51. The lowest BCUT2D eigenvalue weighted by molar-refractivity contribution is 0.639. The number of fused-ring (bicyclic) bond motifs is 4. The van der Waals surface area contributed by atoms with Crippen LogP contribution in [-0.4, -0.2) is 10.2 Å². The van der Waals surface area contributed by atoms with Gasteiger partial charge in [0.1, 0.15) is 0 Å². The quantitative estimate of drug-likeness (QED) is 0.440. The molecule has 0 spiro atoms. The van der Waals surface area contributed by atoms with E-state index in [1.54, 1.807) is 5.56 Å². The summed E-state index contributed by atoms with van der Waals surface area (Å²) in [5.41, 5.74) is 10.3. The van der Waals surface area contributed by atoms with E-state index in [0.717, 1.165) is 29.8 Å². The number of benzene rings is 3. The number of nitrogens with zero attached hydrogens (tertiary/aromatic N) is 2. The molecule has 2 aliphatic rings. The van der Waals surface area contributed by atoms with Crippen LogP contribution in [0.15, 0.2) is 66.7 Å². The van der Waals surface area contributed by atoms with Crippen LogP contribution in [0, 0.1) is 30.2 Å². The van der Waals surface area contributed by atoms with Crippen molar-refractivity contribution in [3.05, 3.63) is 116 Å². The van der Waals surface area contributed by atoms with E-state index in [9.17, 15) is 0 Å². The van der Waals surface area contributed by atoms with Crippen LogP contribution in [0.4, 0.5) is 0 Å². The third-order valence-electron chi connectivity index (χ3n) is 7.37. The summed E-state index contributed by atoms with van der Waals surface area (Å²) in [7, 11) is 0. The zero-order valence-corrected chi connectivity index (χ0v) is 19.5. The molecule has 0 bridgehead atoms. The molecule has 162 valence electrons. The summed E-state index contributed by atoms with van der Waals surface area (Å²) in [4.78, 5) is 0. The molecule has 3 aromatic carbocycles. The van der Waals surface area contributed by atoms with Crippen LogP contribution in [0.2, 0.25) is 0 Å². The van der Waals surface area contributed by atoms with E-state index in [0.29, 0.717) is 5.92 Å². The summed E-state index contributed by atoms with van der Waals surface area (Å²) >= 11 is 0. The van der Waals surface area contributed by atoms with Crippen LogP contribution in [0.5, 0.6) is 0 Å². The normalized spacial score (nSPS) is 16.5. The second kappa shape index (κ2) is 7.81. The lowest BCUT2D eigenvalue weighted by atomic mass is 9.79. The standard InChI is InChI=1S/C31H28N2/c1-19-4-8-22(9-5-19)31-20(2)6-12-28-27-14-10-23-18-24(30-17-7-21(3)32-33-30)11-13-25(23)26(27)15-16-29(28)31/h4-5,7-11,13,15-18,20H,6,12,14H2,1-3H3. The summed E-state index contributed by atoms with van der Waals surface area (Å²) < 4.78 is 0. The molecule has 0 saturated heterocycles. The third kappa shape index (κ3) is 3.41. The van der Waals surface area contributed by atoms with Crippen molar-refractivity contribution in [3.63, 3.8) is 0 Å². The first-order valence-corrected chi connectivity index (χ1v) is 12.0. The van der Waals surface area contributed by atoms with Gasteiger partial charge in [0.15, 0.2) is 0 Å². The molecule has 0 saturated carbocycles. The van der Waals surface area contributed by atoms with Crippen LogP contribution in [-0.2, 0) is 12.8 Å². The summed E-state index contributed by atoms with van der Waals surface area (Å²) in [6, 6.07) is 24.6. The lowest BCUT2D eigenvalue weighted by Gasteiger charge is -2.26. The van der Waals surface area contributed by atoms with Gasteiger partial charge in [-0.2, -0.15) is 10.2 Å². The molecule has 2 aliphatic carbocycles. The highest BCUT2D eigenvalue weighted by molar-refractivity contribution is 5.70. The minimum atomic E-state index is 0.580. The fourth-order valence-electron chi connectivity index (χ4n) is 5.56. The SMILES string of the molecule is Cc1ccc(C2=c3ccc4c(c3CCC2C)CC=c2cc(-c3ccc(C)nn3)ccc2=4)cc1. The zero-order valence-electron chi connectivity index (χ0n) is 19.5. The Morgan fingerprint density at radius 3 is 2.27 bits per heavy atom. The minimum Gasteiger partial charge on any atom is -0.155 e. The Kier molecular flexibility index (Phi) is 4.76. The van der Waals surface area contributed by atoms with Crippen molar-refractivity contribution in [2.75, 3.05) is 0 Å². The van der Waals surface area contributed by atoms with E-state index in [2.05, 4.69) is 90.8 Å². The second-order valence-corrected chi connectivity index (χ2v) is 9.61. The van der Waals surface area contributed by atoms with Gasteiger partial charge in [-0.05, 0) is 100 Å². The molecular formula is C31H28N2. The van der Waals surface area contributed by atoms with Gasteiger partial charge in [-0.15, -0.1) is 0 Å². The molecule has 1 heterocycles. The van der Waals surface area contributed by atoms with Crippen LogP contribution in [0.1, 0.15) is 41.3 Å². The maximum atomic E-state index is 4.38. The van der Waals surface area contributed by atoms with Gasteiger partial charge in [-0.3, -0.25) is 0 Å². The number of rotatable bonds is 2. The maximum absolute atomic E-state index is 4.38. The highest BCUT2D eigenvalue weighted by Crippen LogP contribution is 2.30. The molecule has 0 N–H and O–H groups in total. The third-order valence-corrected chi connectivity index (χ3v) is 7.37. The van der Waals surface area contributed by atoms with Crippen molar-refractivity contribution in [3.8, 4) is 11.3 Å². The van der Waals surface area contributed by atoms with Crippen LogP contribution < -0.4 is 10.4 Å². The minimum absolute atomic E-state index is 0.580. The van der Waals surface area contributed by atoms with E-state index in [1.165, 1.54) is 49.6 Å². The number of hydrogen-bond donors (Lipinski definition) is 0. The van der Waals surface area contributed by atoms with Crippen molar-refractivity contribution in [2.45, 2.75) is 40.0 Å². The molecule has 0 amide bonds. The topological polar surface area (TPSA) is 25.8 Å². The Morgan fingerprint density at radius 1 is 0.727 bits per heavy atom. The van der Waals surface area contributed by atoms with Crippen molar-refractivity contribution in [1.82, 2.24) is 10.2 Å². The van der Waals surface area contributed by atoms with Crippen molar-refractivity contribution in [2.24, 2.45) is 5.92 Å². The number of aromatic nitrogens is 2. The maximum Gasteiger partial charge on any atom is 0.0930 e. The smallest absolute Gasteiger partial charge is 0.0930 e. The molecule has 0 fully saturated rings. The van der Waals surface area contributed by atoms with E-state index in [1.807, 2.05) is 13.0 Å². The number of aryl methyl sites for hydroxylation is 2. The molecule has 0 aliphatic heterocycles. The van der Waals surface area contributed by atoms with Crippen LogP contribution in [0.3, 0.4) is 0 Å². The first kappa shape index (κ1) is 20.1. The Hall–Kier alpha value is -3.52. The average molecular weight is 429 g/mol. The van der Waals surface area contributed by atoms with Gasteiger partial charge >= 0.3 is 0 Å². The van der Waals surface area contributed by atoms with Crippen LogP contribution in [0.25, 0.3) is 22.9 Å². The Bertz CT molecular complexity index is 1590. The lowest BCUT2D eigenvalue weighted by Crippen LogP contribution is -2.26. The molecule has 33 heavy (non-hydrogen) atoms. The summed E-state index contributed by atoms with van der Waals surface area (Å²) in [5.74, 6) is 0.580. The molecule has 2 nitrogen and oxygen atoms in total. The monoisotopic (exact) mass is 428 g/mol. The summed E-state index contributed by atoms with van der Waals surface area (Å²) in [5, 5.41) is 14.1. The number of hydrogen-bond acceptors (Lipinski definition) is 2. The molecule has 6 rings (SSSR count). The highest BCUT2D eigenvalue weighted by atomic mass is 15.1. The van der Waals surface area contributed by atoms with Gasteiger partial charge in [0, 0.05) is 5.56 Å². The summed E-state index contributed by atoms with van der Waals surface area (Å²) in [6.07, 6.45) is 5.76. The molecule has 1 atom stereocenters. The van der Waals surface area contributed by atoms with Gasteiger partial charge in [0.05, 0.1) is 11.4 Å². The predicted octanol–water partition coefficient (Wildman–Crippen LogP) is 5.17. The zero-order chi connectivity index (χ0) is 22.5. The predicted molar refractivity (Wildman–Crippen MR) is 135 cm³/mol. The van der Waals surface area contributed by atoms with E-state index >= 15 is 0 Å². The fourth-order valence-corrected chi connectivity index (χ4v) is 5.56.